The molecule has 186 valence electrons. The Labute approximate surface area is 208 Å². The van der Waals surface area contributed by atoms with E-state index in [9.17, 15) is 14.4 Å². The maximum atomic E-state index is 13.0. The smallest absolute Gasteiger partial charge is 0.338 e. The number of hydrogen-bond donors (Lipinski definition) is 2. The van der Waals surface area contributed by atoms with Gasteiger partial charge in [0.25, 0.3) is 11.8 Å². The van der Waals surface area contributed by atoms with E-state index in [2.05, 4.69) is 15.8 Å². The number of rotatable bonds is 7. The van der Waals surface area contributed by atoms with Crippen molar-refractivity contribution in [1.29, 1.82) is 0 Å². The Morgan fingerprint density at radius 2 is 1.78 bits per heavy atom. The molecule has 3 aromatic rings. The van der Waals surface area contributed by atoms with Crippen LogP contribution in [0.15, 0.2) is 58.0 Å². The third-order valence-electron chi connectivity index (χ3n) is 5.83. The summed E-state index contributed by atoms with van der Waals surface area (Å²) in [4.78, 5) is 37.5. The minimum absolute atomic E-state index is 0.181. The largest absolute Gasteiger partial charge is 0.496 e. The highest BCUT2D eigenvalue weighted by atomic mass is 16.5. The number of furan rings is 1. The number of hydrazone groups is 1. The van der Waals surface area contributed by atoms with Crippen molar-refractivity contribution in [2.24, 2.45) is 5.10 Å². The van der Waals surface area contributed by atoms with E-state index in [4.69, 9.17) is 13.9 Å². The van der Waals surface area contributed by atoms with Gasteiger partial charge in [-0.25, -0.2) is 10.2 Å². The van der Waals surface area contributed by atoms with Crippen molar-refractivity contribution in [3.63, 3.8) is 0 Å². The number of para-hydroxylation sites is 1. The first-order chi connectivity index (χ1) is 17.4. The molecule has 0 unspecified atom stereocenters. The van der Waals surface area contributed by atoms with Gasteiger partial charge in [-0.15, -0.1) is 0 Å². The molecule has 0 bridgehead atoms. The van der Waals surface area contributed by atoms with Gasteiger partial charge < -0.3 is 19.2 Å². The molecule has 36 heavy (non-hydrogen) atoms. The van der Waals surface area contributed by atoms with Crippen molar-refractivity contribution < 1.29 is 28.3 Å². The van der Waals surface area contributed by atoms with Crippen LogP contribution in [0.25, 0.3) is 0 Å². The summed E-state index contributed by atoms with van der Waals surface area (Å²) in [5.41, 5.74) is 5.93. The maximum absolute atomic E-state index is 13.0. The van der Waals surface area contributed by atoms with Gasteiger partial charge in [-0.2, -0.15) is 5.10 Å². The zero-order valence-electron chi connectivity index (χ0n) is 20.3. The molecule has 0 fully saturated rings. The van der Waals surface area contributed by atoms with Crippen LogP contribution < -0.4 is 15.5 Å². The van der Waals surface area contributed by atoms with Gasteiger partial charge in [0.05, 0.1) is 30.6 Å². The topological polar surface area (TPSA) is 119 Å². The monoisotopic (exact) mass is 489 g/mol. The summed E-state index contributed by atoms with van der Waals surface area (Å²) in [5, 5.41) is 7.16. The number of fused-ring (bicyclic) bond motifs is 1. The van der Waals surface area contributed by atoms with Crippen molar-refractivity contribution in [2.45, 2.75) is 33.1 Å². The molecule has 2 amide bonds. The first kappa shape index (κ1) is 24.7. The second kappa shape index (κ2) is 10.9. The van der Waals surface area contributed by atoms with E-state index in [0.717, 1.165) is 12.0 Å². The minimum Gasteiger partial charge on any atom is -0.496 e. The van der Waals surface area contributed by atoms with Gasteiger partial charge >= 0.3 is 5.97 Å². The fourth-order valence-electron chi connectivity index (χ4n) is 4.10. The summed E-state index contributed by atoms with van der Waals surface area (Å²) in [5.74, 6) is 0.0652. The molecule has 1 aliphatic carbocycles. The molecule has 2 aromatic carbocycles. The number of ether oxygens (including phenoxy) is 2. The summed E-state index contributed by atoms with van der Waals surface area (Å²) in [6, 6.07) is 13.3. The van der Waals surface area contributed by atoms with E-state index in [0.29, 0.717) is 52.4 Å². The summed E-state index contributed by atoms with van der Waals surface area (Å²) >= 11 is 0. The first-order valence-electron chi connectivity index (χ1n) is 11.6. The van der Waals surface area contributed by atoms with Crippen LogP contribution in [-0.4, -0.2) is 37.2 Å². The number of methoxy groups -OCH3 is 1. The highest BCUT2D eigenvalue weighted by molar-refractivity contribution is 6.09. The number of esters is 1. The molecule has 0 saturated heterocycles. The number of carbonyl (C=O) groups is 3. The molecule has 1 aromatic heterocycles. The molecule has 9 heteroatoms. The molecule has 0 atom stereocenters. The zero-order valence-corrected chi connectivity index (χ0v) is 20.3. The minimum atomic E-state index is -0.422. The lowest BCUT2D eigenvalue weighted by atomic mass is 9.93. The Kier molecular flexibility index (Phi) is 7.48. The number of anilines is 1. The van der Waals surface area contributed by atoms with E-state index in [1.807, 2.05) is 0 Å². The van der Waals surface area contributed by atoms with Crippen molar-refractivity contribution in [3.05, 3.63) is 82.3 Å². The molecule has 0 saturated carbocycles. The van der Waals surface area contributed by atoms with E-state index < -0.39 is 17.8 Å². The van der Waals surface area contributed by atoms with Gasteiger partial charge in [0.15, 0.2) is 5.76 Å². The number of nitrogens with one attached hydrogen (secondary N) is 2. The van der Waals surface area contributed by atoms with Crippen LogP contribution in [0.4, 0.5) is 5.69 Å². The lowest BCUT2D eigenvalue weighted by Crippen LogP contribution is -2.22. The lowest BCUT2D eigenvalue weighted by molar-refractivity contribution is 0.0526. The highest BCUT2D eigenvalue weighted by Crippen LogP contribution is 2.30. The Morgan fingerprint density at radius 1 is 1.03 bits per heavy atom. The van der Waals surface area contributed by atoms with E-state index in [1.165, 1.54) is 7.11 Å². The van der Waals surface area contributed by atoms with Gasteiger partial charge in [0, 0.05) is 23.2 Å². The Bertz CT molecular complexity index is 1320. The van der Waals surface area contributed by atoms with Crippen LogP contribution in [0.2, 0.25) is 0 Å². The quantitative estimate of drug-likeness (QED) is 0.373. The second-order valence-corrected chi connectivity index (χ2v) is 8.16. The number of hydrogen-bond acceptors (Lipinski definition) is 7. The Morgan fingerprint density at radius 3 is 2.50 bits per heavy atom. The second-order valence-electron chi connectivity index (χ2n) is 8.16. The first-order valence-corrected chi connectivity index (χ1v) is 11.6. The van der Waals surface area contributed by atoms with Crippen molar-refractivity contribution in [2.75, 3.05) is 19.0 Å². The number of amides is 2. The standard InChI is InChI=1S/C27H27N3O6/c1-4-35-27(33)17-12-14-18(15-13-17)28-26(32)24-16(2)23-20(9-7-11-22(23)36-24)29-30-25(31)19-8-5-6-10-21(19)34-3/h5-6,8,10,12-15H,4,7,9,11H2,1-3H3,(H,28,32)(H,30,31)/b29-20+. The van der Waals surface area contributed by atoms with Crippen LogP contribution in [-0.2, 0) is 11.2 Å². The predicted molar refractivity (Wildman–Crippen MR) is 134 cm³/mol. The molecular formula is C27H27N3O6. The van der Waals surface area contributed by atoms with Crippen LogP contribution in [0.1, 0.15) is 67.9 Å². The molecule has 4 rings (SSSR count). The summed E-state index contributed by atoms with van der Waals surface area (Å²) in [6.45, 7) is 3.82. The fourth-order valence-corrected chi connectivity index (χ4v) is 4.10. The van der Waals surface area contributed by atoms with Crippen LogP contribution in [0.5, 0.6) is 5.75 Å². The molecule has 0 aliphatic heterocycles. The highest BCUT2D eigenvalue weighted by Gasteiger charge is 2.28. The molecule has 1 aliphatic rings. The maximum Gasteiger partial charge on any atom is 0.338 e. The molecular weight excluding hydrogens is 462 g/mol. The van der Waals surface area contributed by atoms with E-state index >= 15 is 0 Å². The molecule has 0 spiro atoms. The van der Waals surface area contributed by atoms with E-state index in [1.54, 1.807) is 62.4 Å². The predicted octanol–water partition coefficient (Wildman–Crippen LogP) is 4.50. The summed E-state index contributed by atoms with van der Waals surface area (Å²) in [6.07, 6.45) is 2.08. The third kappa shape index (κ3) is 5.14. The molecule has 1 heterocycles. The summed E-state index contributed by atoms with van der Waals surface area (Å²) < 4.78 is 16.1. The van der Waals surface area contributed by atoms with Gasteiger partial charge in [-0.05, 0) is 63.1 Å². The van der Waals surface area contributed by atoms with Crippen molar-refractivity contribution >= 4 is 29.2 Å². The zero-order chi connectivity index (χ0) is 25.7. The van der Waals surface area contributed by atoms with Gasteiger partial charge in [-0.1, -0.05) is 12.1 Å². The molecule has 0 radical (unpaired) electrons. The average Bonchev–Trinajstić information content (AvgIpc) is 3.24. The van der Waals surface area contributed by atoms with Crippen LogP contribution in [0, 0.1) is 6.92 Å². The Hall–Kier alpha value is -4.40. The SMILES string of the molecule is CCOC(=O)c1ccc(NC(=O)c2oc3c(c2C)/C(=N/NC(=O)c2ccccc2OC)CCC3)cc1. The third-order valence-corrected chi connectivity index (χ3v) is 5.83. The summed E-state index contributed by atoms with van der Waals surface area (Å²) in [7, 11) is 1.50. The number of benzene rings is 2. The van der Waals surface area contributed by atoms with Gasteiger partial charge in [0.1, 0.15) is 11.5 Å². The van der Waals surface area contributed by atoms with Crippen molar-refractivity contribution in [3.8, 4) is 5.75 Å². The normalized spacial score (nSPS) is 13.6. The molecule has 2 N–H and O–H groups in total. The van der Waals surface area contributed by atoms with Crippen LogP contribution in [0.3, 0.4) is 0 Å². The number of aryl methyl sites for hydroxylation is 1. The van der Waals surface area contributed by atoms with Crippen LogP contribution >= 0.6 is 0 Å². The van der Waals surface area contributed by atoms with Crippen molar-refractivity contribution in [1.82, 2.24) is 5.43 Å². The Balaban J connectivity index is 1.51. The average molecular weight is 490 g/mol. The number of carbonyl (C=O) groups excluding carboxylic acids is 3. The fraction of sp³-hybridized carbons (Fsp3) is 0.259. The lowest BCUT2D eigenvalue weighted by Gasteiger charge is -2.14. The van der Waals surface area contributed by atoms with Gasteiger partial charge in [0.2, 0.25) is 0 Å². The molecule has 9 nitrogen and oxygen atoms in total. The van der Waals surface area contributed by atoms with E-state index in [-0.39, 0.29) is 12.4 Å². The number of nitrogens with zero attached hydrogens (tertiary/aromatic N) is 1. The van der Waals surface area contributed by atoms with Gasteiger partial charge in [-0.3, -0.25) is 9.59 Å².